The first-order valence-corrected chi connectivity index (χ1v) is 23.7. The van der Waals surface area contributed by atoms with Crippen LogP contribution in [0, 0.1) is 34.6 Å². The van der Waals surface area contributed by atoms with Crippen molar-refractivity contribution in [3.63, 3.8) is 0 Å². The lowest BCUT2D eigenvalue weighted by Gasteiger charge is -2.33. The van der Waals surface area contributed by atoms with E-state index in [1.165, 1.54) is 20.9 Å². The van der Waals surface area contributed by atoms with Crippen LogP contribution in [0.4, 0.5) is 0 Å². The van der Waals surface area contributed by atoms with Gasteiger partial charge in [-0.3, -0.25) is 24.0 Å². The second-order valence-electron chi connectivity index (χ2n) is 17.1. The summed E-state index contributed by atoms with van der Waals surface area (Å²) in [6.45, 7) is 16.5. The Hall–Kier alpha value is -4.12. The lowest BCUT2D eigenvalue weighted by Crippen LogP contribution is -2.44. The van der Waals surface area contributed by atoms with Gasteiger partial charge in [-0.2, -0.15) is 0 Å². The molecule has 0 bridgehead atoms. The Balaban J connectivity index is 0.902. The molecule has 9 rings (SSSR count). The first kappa shape index (κ1) is 43.1. The van der Waals surface area contributed by atoms with E-state index >= 15 is 0 Å². The van der Waals surface area contributed by atoms with Crippen molar-refractivity contribution in [1.82, 2.24) is 44.2 Å². The van der Waals surface area contributed by atoms with Crippen LogP contribution >= 0.6 is 45.9 Å². The number of rotatable bonds is 12. The van der Waals surface area contributed by atoms with Gasteiger partial charge in [0.05, 0.1) is 24.1 Å². The number of likely N-dealkylation sites (N-methyl/N-ethyl adjacent to an activating group) is 2. The molecule has 0 amide bonds. The molecule has 0 N–H and O–H groups in total. The summed E-state index contributed by atoms with van der Waals surface area (Å²) in [5, 5.41) is 22.2. The van der Waals surface area contributed by atoms with Crippen molar-refractivity contribution < 1.29 is 4.74 Å². The highest BCUT2D eigenvalue weighted by Gasteiger charge is 2.35. The molecule has 62 heavy (non-hydrogen) atoms. The predicted molar refractivity (Wildman–Crippen MR) is 252 cm³/mol. The van der Waals surface area contributed by atoms with Crippen LogP contribution in [0.25, 0.3) is 10.0 Å². The third-order valence-corrected chi connectivity index (χ3v) is 15.2. The number of aryl methyl sites for hydroxylation is 3. The van der Waals surface area contributed by atoms with Gasteiger partial charge in [0.2, 0.25) is 0 Å². The molecule has 16 heteroatoms. The smallest absolute Gasteiger partial charge is 0.164 e. The van der Waals surface area contributed by atoms with Gasteiger partial charge >= 0.3 is 0 Å². The second kappa shape index (κ2) is 17.8. The maximum atomic E-state index is 6.49. The summed E-state index contributed by atoms with van der Waals surface area (Å²) in [6, 6.07) is 15.7. The average Bonchev–Trinajstić information content (AvgIpc) is 3.94. The minimum atomic E-state index is -0.190. The van der Waals surface area contributed by atoms with Gasteiger partial charge in [-0.1, -0.05) is 47.5 Å². The van der Waals surface area contributed by atoms with Crippen LogP contribution in [0.2, 0.25) is 10.0 Å². The molecule has 12 nitrogen and oxygen atoms in total. The minimum Gasteiger partial charge on any atom is -0.375 e. The topological polar surface area (TPSA) is 105 Å². The van der Waals surface area contributed by atoms with Gasteiger partial charge in [0.15, 0.2) is 11.6 Å². The van der Waals surface area contributed by atoms with Crippen LogP contribution in [0.5, 0.6) is 0 Å². The largest absolute Gasteiger partial charge is 0.375 e. The molecular weight excluding hydrogens is 858 g/mol. The van der Waals surface area contributed by atoms with Crippen molar-refractivity contribution >= 4 is 57.3 Å². The fourth-order valence-electron chi connectivity index (χ4n) is 8.98. The van der Waals surface area contributed by atoms with E-state index in [0.717, 1.165) is 119 Å². The molecule has 0 radical (unpaired) electrons. The highest BCUT2D eigenvalue weighted by molar-refractivity contribution is 7.15. The van der Waals surface area contributed by atoms with Crippen molar-refractivity contribution in [2.24, 2.45) is 9.98 Å². The zero-order valence-corrected chi connectivity index (χ0v) is 39.8. The molecular formula is C46H53Cl2N11OS2. The third kappa shape index (κ3) is 8.36. The van der Waals surface area contributed by atoms with Crippen LogP contribution in [0.15, 0.2) is 58.5 Å². The Morgan fingerprint density at radius 3 is 1.84 bits per heavy atom. The van der Waals surface area contributed by atoms with Crippen LogP contribution in [-0.4, -0.2) is 129 Å². The molecule has 3 aliphatic heterocycles. The summed E-state index contributed by atoms with van der Waals surface area (Å²) in [5.41, 5.74) is 8.82. The Morgan fingerprint density at radius 1 is 0.710 bits per heavy atom. The number of halogens is 2. The summed E-state index contributed by atoms with van der Waals surface area (Å²) >= 11 is 16.3. The van der Waals surface area contributed by atoms with Crippen LogP contribution in [-0.2, 0) is 11.2 Å². The molecule has 6 aromatic rings. The quantitative estimate of drug-likeness (QED) is 0.121. The molecule has 0 spiro atoms. The first-order chi connectivity index (χ1) is 29.8. The summed E-state index contributed by atoms with van der Waals surface area (Å²) in [6.07, 6.45) is 1.93. The molecule has 7 heterocycles. The maximum absolute atomic E-state index is 6.49. The molecule has 3 atom stereocenters. The molecule has 0 saturated carbocycles. The highest BCUT2D eigenvalue weighted by atomic mass is 35.5. The van der Waals surface area contributed by atoms with Gasteiger partial charge in [-0.15, -0.1) is 43.1 Å². The molecule has 4 aromatic heterocycles. The molecule has 0 aliphatic carbocycles. The highest BCUT2D eigenvalue weighted by Crippen LogP contribution is 2.41. The number of morpholine rings is 1. The zero-order valence-electron chi connectivity index (χ0n) is 36.6. The van der Waals surface area contributed by atoms with E-state index in [1.807, 2.05) is 49.4 Å². The van der Waals surface area contributed by atoms with Crippen molar-refractivity contribution in [1.29, 1.82) is 0 Å². The number of benzene rings is 2. The van der Waals surface area contributed by atoms with Gasteiger partial charge in [0.1, 0.15) is 33.7 Å². The second-order valence-corrected chi connectivity index (χ2v) is 20.2. The molecule has 1 saturated heterocycles. The monoisotopic (exact) mass is 909 g/mol. The number of ether oxygens (including phenoxy) is 1. The Kier molecular flexibility index (Phi) is 12.4. The number of aromatic nitrogens is 6. The van der Waals surface area contributed by atoms with E-state index < -0.39 is 0 Å². The van der Waals surface area contributed by atoms with Crippen molar-refractivity contribution in [3.05, 3.63) is 125 Å². The number of hydrogen-bond donors (Lipinski definition) is 0. The lowest BCUT2D eigenvalue weighted by atomic mass is 9.98. The molecule has 1 fully saturated rings. The standard InChI is InChI=1S/C46H53Cl2N11OS2/c1-26-28(3)61-45-39(26)41(31-10-14-33(47)15-11-31)50-37(44-54-51-29(4)58(44)45)25-56(8)18-9-19-57-20-21-60-35(23-57)22-38-27(2)40-42(32-12-16-34(48)17-13-32)49-36(24-55(6)7)43-53-52-30(5)59(43)46(40)62-38/h10-17,35-37H,9,18-25H2,1-8H3/t35?,36-,37-/m0/s1. The number of hydrogen-bond acceptors (Lipinski definition) is 12. The van der Waals surface area contributed by atoms with Gasteiger partial charge in [0, 0.05) is 74.7 Å². The third-order valence-electron chi connectivity index (χ3n) is 12.2. The van der Waals surface area contributed by atoms with Crippen molar-refractivity contribution in [3.8, 4) is 10.0 Å². The fraction of sp³-hybridized carbons (Fsp3) is 0.435. The minimum absolute atomic E-state index is 0.0797. The van der Waals surface area contributed by atoms with Gasteiger partial charge in [-0.25, -0.2) is 0 Å². The van der Waals surface area contributed by atoms with E-state index in [9.17, 15) is 0 Å². The van der Waals surface area contributed by atoms with Crippen LogP contribution in [0.3, 0.4) is 0 Å². The predicted octanol–water partition coefficient (Wildman–Crippen LogP) is 8.43. The number of nitrogens with zero attached hydrogens (tertiary/aromatic N) is 11. The SMILES string of the molecule is Cc1sc2c(c1C)C(c1ccc(Cl)cc1)=N[C@@H](CN(C)CCCN1CCOC(Cc3sc4c(c3C)C(c3ccc(Cl)cc3)=N[C@@H](CN(C)C)c3nnc(C)n3-4)C1)c1nnc(C)n1-2. The molecule has 1 unspecified atom stereocenters. The van der Waals surface area contributed by atoms with E-state index in [1.54, 1.807) is 11.3 Å². The van der Waals surface area contributed by atoms with Crippen LogP contribution < -0.4 is 0 Å². The molecule has 324 valence electrons. The fourth-order valence-corrected chi connectivity index (χ4v) is 11.9. The Bertz CT molecular complexity index is 2660. The summed E-state index contributed by atoms with van der Waals surface area (Å²) in [7, 11) is 6.34. The van der Waals surface area contributed by atoms with E-state index in [0.29, 0.717) is 16.7 Å². The number of fused-ring (bicyclic) bond motifs is 6. The van der Waals surface area contributed by atoms with Gasteiger partial charge in [-0.05, 0) is 111 Å². The Morgan fingerprint density at radius 2 is 1.26 bits per heavy atom. The van der Waals surface area contributed by atoms with Crippen molar-refractivity contribution in [2.75, 3.05) is 67.0 Å². The Labute approximate surface area is 381 Å². The van der Waals surface area contributed by atoms with Crippen molar-refractivity contribution in [2.45, 2.75) is 65.6 Å². The zero-order chi connectivity index (χ0) is 43.4. The summed E-state index contributed by atoms with van der Waals surface area (Å²) in [4.78, 5) is 20.6. The number of thiophene rings is 2. The first-order valence-electron chi connectivity index (χ1n) is 21.3. The molecule has 2 aromatic carbocycles. The van der Waals surface area contributed by atoms with Crippen LogP contribution in [0.1, 0.15) is 84.9 Å². The number of aliphatic imine (C=N–C) groups is 2. The maximum Gasteiger partial charge on any atom is 0.164 e. The average molecular weight is 911 g/mol. The van der Waals surface area contributed by atoms with E-state index in [-0.39, 0.29) is 18.2 Å². The lowest BCUT2D eigenvalue weighted by molar-refractivity contribution is -0.0280. The van der Waals surface area contributed by atoms with E-state index in [2.05, 4.69) is 105 Å². The summed E-state index contributed by atoms with van der Waals surface area (Å²) in [5.74, 6) is 3.49. The van der Waals surface area contributed by atoms with Gasteiger partial charge < -0.3 is 14.5 Å². The summed E-state index contributed by atoms with van der Waals surface area (Å²) < 4.78 is 10.9. The normalized spacial score (nSPS) is 18.9. The van der Waals surface area contributed by atoms with Gasteiger partial charge in [0.25, 0.3) is 0 Å². The molecule has 3 aliphatic rings. The van der Waals surface area contributed by atoms with E-state index in [4.69, 9.17) is 43.0 Å².